The van der Waals surface area contributed by atoms with E-state index in [1.165, 1.54) is 11.8 Å². The van der Waals surface area contributed by atoms with Crippen LogP contribution in [-0.2, 0) is 0 Å². The molecule has 0 amide bonds. The molecule has 1 aliphatic rings. The molecule has 0 aliphatic heterocycles. The third-order valence-corrected chi connectivity index (χ3v) is 5.48. The van der Waals surface area contributed by atoms with E-state index in [4.69, 9.17) is 0 Å². The van der Waals surface area contributed by atoms with Crippen LogP contribution in [0.3, 0.4) is 0 Å². The number of pyridine rings is 1. The summed E-state index contributed by atoms with van der Waals surface area (Å²) in [6.07, 6.45) is 5.79. The van der Waals surface area contributed by atoms with Gasteiger partial charge in [-0.25, -0.2) is 0 Å². The first-order valence-electron chi connectivity index (χ1n) is 8.72. The molecule has 6 heteroatoms. The van der Waals surface area contributed by atoms with Gasteiger partial charge in [-0.15, -0.1) is 10.2 Å². The highest BCUT2D eigenvalue weighted by Gasteiger charge is 2.30. The molecule has 26 heavy (non-hydrogen) atoms. The van der Waals surface area contributed by atoms with Crippen LogP contribution in [-0.4, -0.2) is 31.3 Å². The predicted molar refractivity (Wildman–Crippen MR) is 102 cm³/mol. The van der Waals surface area contributed by atoms with E-state index < -0.39 is 0 Å². The highest BCUT2D eigenvalue weighted by Crippen LogP contribution is 2.41. The number of aromatic nitrogens is 4. The summed E-state index contributed by atoms with van der Waals surface area (Å²) >= 11 is 1.47. The van der Waals surface area contributed by atoms with Crippen LogP contribution in [0.4, 0.5) is 0 Å². The summed E-state index contributed by atoms with van der Waals surface area (Å²) in [5.41, 5.74) is 3.92. The summed E-state index contributed by atoms with van der Waals surface area (Å²) in [7, 11) is 0. The minimum absolute atomic E-state index is 0.131. The maximum atomic E-state index is 12.7. The number of nitrogens with zero attached hydrogens (tertiary/aromatic N) is 4. The Bertz CT molecular complexity index is 948. The molecule has 3 aromatic rings. The lowest BCUT2D eigenvalue weighted by molar-refractivity contribution is 0.102. The molecule has 1 aliphatic carbocycles. The van der Waals surface area contributed by atoms with E-state index in [-0.39, 0.29) is 5.78 Å². The average Bonchev–Trinajstić information content (AvgIpc) is 3.41. The number of hydrogen-bond acceptors (Lipinski definition) is 5. The van der Waals surface area contributed by atoms with Gasteiger partial charge in [0, 0.05) is 29.6 Å². The quantitative estimate of drug-likeness (QED) is 0.483. The number of carbonyl (C=O) groups is 1. The second kappa shape index (κ2) is 7.03. The minimum Gasteiger partial charge on any atom is -0.299 e. The van der Waals surface area contributed by atoms with Crippen molar-refractivity contribution in [1.82, 2.24) is 19.7 Å². The number of hydrogen-bond donors (Lipinski definition) is 0. The second-order valence-electron chi connectivity index (χ2n) is 6.67. The number of ketones is 1. The number of Topliss-reactive ketones (excluding diaryl/α,β-unsaturated/α-hetero) is 1. The van der Waals surface area contributed by atoms with E-state index in [9.17, 15) is 4.79 Å². The molecule has 0 N–H and O–H groups in total. The van der Waals surface area contributed by atoms with E-state index in [0.29, 0.717) is 11.8 Å². The van der Waals surface area contributed by atoms with Crippen molar-refractivity contribution in [3.05, 3.63) is 59.4 Å². The van der Waals surface area contributed by atoms with Gasteiger partial charge in [-0.05, 0) is 50.5 Å². The average molecular weight is 364 g/mol. The molecule has 0 saturated heterocycles. The summed E-state index contributed by atoms with van der Waals surface area (Å²) in [5.74, 6) is 1.36. The molecule has 0 radical (unpaired) electrons. The van der Waals surface area contributed by atoms with Crippen molar-refractivity contribution in [2.24, 2.45) is 0 Å². The summed E-state index contributed by atoms with van der Waals surface area (Å²) in [6, 6.07) is 10.3. The number of carbonyl (C=O) groups excluding carboxylic acids is 1. The van der Waals surface area contributed by atoms with E-state index in [1.807, 2.05) is 44.2 Å². The first kappa shape index (κ1) is 17.0. The highest BCUT2D eigenvalue weighted by molar-refractivity contribution is 7.99. The maximum absolute atomic E-state index is 12.7. The van der Waals surface area contributed by atoms with Crippen LogP contribution in [0.15, 0.2) is 47.9 Å². The van der Waals surface area contributed by atoms with Gasteiger partial charge in [0.2, 0.25) is 0 Å². The molecule has 0 spiro atoms. The van der Waals surface area contributed by atoms with Crippen LogP contribution in [0.2, 0.25) is 0 Å². The normalized spacial score (nSPS) is 13.8. The maximum Gasteiger partial charge on any atom is 0.192 e. The van der Waals surface area contributed by atoms with Crippen molar-refractivity contribution >= 4 is 17.5 Å². The Balaban J connectivity index is 1.56. The third-order valence-electron chi connectivity index (χ3n) is 4.54. The SMILES string of the molecule is Cc1ccc(C)c(C(=O)CSc2nnc(-c3ccncc3)n2C2CC2)c1. The Labute approximate surface area is 156 Å². The highest BCUT2D eigenvalue weighted by atomic mass is 32.2. The zero-order valence-corrected chi connectivity index (χ0v) is 15.7. The van der Waals surface area contributed by atoms with E-state index in [2.05, 4.69) is 19.7 Å². The van der Waals surface area contributed by atoms with Crippen molar-refractivity contribution in [3.8, 4) is 11.4 Å². The zero-order valence-electron chi connectivity index (χ0n) is 14.8. The smallest absolute Gasteiger partial charge is 0.192 e. The third kappa shape index (κ3) is 3.42. The molecule has 2 heterocycles. The Morgan fingerprint density at radius 2 is 1.92 bits per heavy atom. The van der Waals surface area contributed by atoms with Crippen LogP contribution < -0.4 is 0 Å². The molecule has 1 aromatic carbocycles. The van der Waals surface area contributed by atoms with Gasteiger partial charge < -0.3 is 0 Å². The molecular weight excluding hydrogens is 344 g/mol. The largest absolute Gasteiger partial charge is 0.299 e. The van der Waals surface area contributed by atoms with Crippen LogP contribution >= 0.6 is 11.8 Å². The molecule has 0 unspecified atom stereocenters. The number of aryl methyl sites for hydroxylation is 2. The lowest BCUT2D eigenvalue weighted by Crippen LogP contribution is -2.07. The van der Waals surface area contributed by atoms with Crippen molar-refractivity contribution in [1.29, 1.82) is 0 Å². The van der Waals surface area contributed by atoms with E-state index in [0.717, 1.165) is 46.1 Å². The number of thioether (sulfide) groups is 1. The number of benzene rings is 1. The fraction of sp³-hybridized carbons (Fsp3) is 0.300. The molecule has 2 aromatic heterocycles. The van der Waals surface area contributed by atoms with Crippen molar-refractivity contribution in [2.75, 3.05) is 5.75 Å². The van der Waals surface area contributed by atoms with Gasteiger partial charge in [0.15, 0.2) is 16.8 Å². The van der Waals surface area contributed by atoms with E-state index >= 15 is 0 Å². The molecule has 4 rings (SSSR count). The first-order valence-corrected chi connectivity index (χ1v) is 9.70. The lowest BCUT2D eigenvalue weighted by Gasteiger charge is -2.09. The fourth-order valence-corrected chi connectivity index (χ4v) is 3.87. The van der Waals surface area contributed by atoms with Gasteiger partial charge in [-0.2, -0.15) is 0 Å². The van der Waals surface area contributed by atoms with Gasteiger partial charge in [-0.3, -0.25) is 14.3 Å². The fourth-order valence-electron chi connectivity index (χ4n) is 2.98. The molecule has 5 nitrogen and oxygen atoms in total. The Morgan fingerprint density at radius 1 is 1.15 bits per heavy atom. The van der Waals surface area contributed by atoms with E-state index in [1.54, 1.807) is 12.4 Å². The molecular formula is C20H20N4OS. The zero-order chi connectivity index (χ0) is 18.1. The Hall–Kier alpha value is -2.47. The lowest BCUT2D eigenvalue weighted by atomic mass is 10.0. The summed E-state index contributed by atoms with van der Waals surface area (Å²) in [5, 5.41) is 9.56. The van der Waals surface area contributed by atoms with Crippen molar-refractivity contribution in [3.63, 3.8) is 0 Å². The van der Waals surface area contributed by atoms with Gasteiger partial charge in [0.1, 0.15) is 0 Å². The van der Waals surface area contributed by atoms with Crippen LogP contribution in [0.1, 0.15) is 40.4 Å². The van der Waals surface area contributed by atoms with Gasteiger partial charge in [0.25, 0.3) is 0 Å². The first-order chi connectivity index (χ1) is 12.6. The van der Waals surface area contributed by atoms with Crippen LogP contribution in [0.5, 0.6) is 0 Å². The van der Waals surface area contributed by atoms with Crippen molar-refractivity contribution in [2.45, 2.75) is 37.9 Å². The van der Waals surface area contributed by atoms with Crippen molar-refractivity contribution < 1.29 is 4.79 Å². The standard InChI is InChI=1S/C20H20N4OS/c1-13-3-4-14(2)17(11-13)18(25)12-26-20-23-22-19(24(20)16-5-6-16)15-7-9-21-10-8-15/h3-4,7-11,16H,5-6,12H2,1-2H3. The van der Waals surface area contributed by atoms with Gasteiger partial charge in [-0.1, -0.05) is 29.5 Å². The summed E-state index contributed by atoms with van der Waals surface area (Å²) < 4.78 is 2.18. The number of rotatable bonds is 6. The molecule has 0 atom stereocenters. The Morgan fingerprint density at radius 3 is 2.65 bits per heavy atom. The topological polar surface area (TPSA) is 60.7 Å². The summed E-state index contributed by atoms with van der Waals surface area (Å²) in [4.78, 5) is 16.7. The van der Waals surface area contributed by atoms with Crippen LogP contribution in [0, 0.1) is 13.8 Å². The summed E-state index contributed by atoms with van der Waals surface area (Å²) in [6.45, 7) is 3.99. The molecule has 1 fully saturated rings. The minimum atomic E-state index is 0.131. The molecule has 1 saturated carbocycles. The monoisotopic (exact) mass is 364 g/mol. The van der Waals surface area contributed by atoms with Gasteiger partial charge >= 0.3 is 0 Å². The molecule has 0 bridgehead atoms. The Kier molecular flexibility index (Phi) is 4.59. The molecule has 132 valence electrons. The second-order valence-corrected chi connectivity index (χ2v) is 7.62. The van der Waals surface area contributed by atoms with Crippen LogP contribution in [0.25, 0.3) is 11.4 Å². The van der Waals surface area contributed by atoms with Gasteiger partial charge in [0.05, 0.1) is 5.75 Å². The predicted octanol–water partition coefficient (Wildman–Crippen LogP) is 4.27.